The molecule has 1 saturated heterocycles. The van der Waals surface area contributed by atoms with Gasteiger partial charge in [0.1, 0.15) is 0 Å². The Morgan fingerprint density at radius 2 is 2.06 bits per heavy atom. The van der Waals surface area contributed by atoms with E-state index in [1.54, 1.807) is 36.8 Å². The molecule has 1 N–H and O–H groups in total. The number of anilines is 1. The van der Waals surface area contributed by atoms with E-state index in [2.05, 4.69) is 15.9 Å². The quantitative estimate of drug-likeness (QED) is 0.428. The van der Waals surface area contributed by atoms with Gasteiger partial charge in [-0.1, -0.05) is 11.6 Å². The Labute approximate surface area is 225 Å². The van der Waals surface area contributed by atoms with E-state index in [0.717, 1.165) is 6.42 Å². The second-order valence-electron chi connectivity index (χ2n) is 10.0. The maximum atomic E-state index is 13.9. The van der Waals surface area contributed by atoms with Crippen LogP contribution >= 0.6 is 27.5 Å². The zero-order valence-electron chi connectivity index (χ0n) is 21.5. The molecule has 0 aromatic heterocycles. The topological polar surface area (TPSA) is 99.6 Å². The Balaban J connectivity index is 2.02. The first-order chi connectivity index (χ1) is 16.9. The van der Waals surface area contributed by atoms with Crippen LogP contribution in [0, 0.1) is 0 Å². The van der Waals surface area contributed by atoms with E-state index in [-0.39, 0.29) is 35.5 Å². The highest BCUT2D eigenvalue weighted by atomic mass is 79.9. The number of piperidine rings is 1. The molecule has 2 heterocycles. The number of amides is 3. The molecule has 0 unspecified atom stereocenters. The predicted octanol–water partition coefficient (Wildman–Crippen LogP) is 5.03. The Morgan fingerprint density at radius 3 is 2.67 bits per heavy atom. The lowest BCUT2D eigenvalue weighted by Gasteiger charge is -2.42. The van der Waals surface area contributed by atoms with Crippen LogP contribution in [0.25, 0.3) is 0 Å². The summed E-state index contributed by atoms with van der Waals surface area (Å²) in [5.74, 6) is -0.146. The molecule has 0 spiro atoms. The summed E-state index contributed by atoms with van der Waals surface area (Å²) in [5, 5.41) is 9.70. The average Bonchev–Trinajstić information content (AvgIpc) is 2.81. The van der Waals surface area contributed by atoms with E-state index >= 15 is 0 Å². The number of halogens is 2. The molecule has 200 valence electrons. The van der Waals surface area contributed by atoms with Gasteiger partial charge < -0.3 is 29.3 Å². The van der Waals surface area contributed by atoms with Crippen LogP contribution < -0.4 is 9.64 Å². The number of methoxy groups -OCH3 is 1. The lowest BCUT2D eigenvalue weighted by Crippen LogP contribution is -2.54. The number of hydrogen-bond donors (Lipinski definition) is 1. The summed E-state index contributed by atoms with van der Waals surface area (Å²) in [4.78, 5) is 43.5. The molecule has 1 fully saturated rings. The van der Waals surface area contributed by atoms with Crippen molar-refractivity contribution in [1.82, 2.24) is 9.80 Å². The van der Waals surface area contributed by atoms with E-state index < -0.39 is 11.7 Å². The first-order valence-corrected chi connectivity index (χ1v) is 13.4. The predicted molar refractivity (Wildman–Crippen MR) is 141 cm³/mol. The number of carbonyl (C=O) groups excluding carboxylic acids is 2. The van der Waals surface area contributed by atoms with E-state index in [1.165, 1.54) is 4.90 Å². The smallest absolute Gasteiger partial charge is 0.407 e. The number of likely N-dealkylation sites (tertiary alicyclic amines) is 1. The molecule has 3 amide bonds. The molecule has 36 heavy (non-hydrogen) atoms. The molecular weight excluding hydrogens is 554 g/mol. The number of carboxylic acid groups (broad SMARTS) is 1. The number of hydrogen-bond acceptors (Lipinski definition) is 5. The third kappa shape index (κ3) is 5.75. The van der Waals surface area contributed by atoms with Crippen molar-refractivity contribution >= 4 is 51.1 Å². The minimum Gasteiger partial charge on any atom is -0.474 e. The number of ether oxygens (including phenoxy) is 2. The van der Waals surface area contributed by atoms with Gasteiger partial charge in [0.2, 0.25) is 0 Å². The van der Waals surface area contributed by atoms with Crippen LogP contribution in [0.1, 0.15) is 63.7 Å². The Morgan fingerprint density at radius 1 is 1.36 bits per heavy atom. The van der Waals surface area contributed by atoms with Crippen molar-refractivity contribution in [3.63, 3.8) is 0 Å². The van der Waals surface area contributed by atoms with Crippen LogP contribution in [0.3, 0.4) is 0 Å². The zero-order valence-corrected chi connectivity index (χ0v) is 23.8. The molecule has 1 aromatic carbocycles. The molecule has 11 heteroatoms. The third-order valence-electron chi connectivity index (χ3n) is 6.61. The van der Waals surface area contributed by atoms with E-state index in [9.17, 15) is 19.5 Å². The van der Waals surface area contributed by atoms with Gasteiger partial charge in [0, 0.05) is 39.4 Å². The molecule has 9 nitrogen and oxygen atoms in total. The summed E-state index contributed by atoms with van der Waals surface area (Å²) < 4.78 is 11.5. The average molecular weight is 589 g/mol. The summed E-state index contributed by atoms with van der Waals surface area (Å²) in [5.41, 5.74) is -0.361. The second-order valence-corrected chi connectivity index (χ2v) is 11.2. The van der Waals surface area contributed by atoms with Crippen LogP contribution in [0.2, 0.25) is 5.02 Å². The van der Waals surface area contributed by atoms with Crippen molar-refractivity contribution in [1.29, 1.82) is 0 Å². The maximum Gasteiger partial charge on any atom is 0.407 e. The molecular formula is C25H35BrClN3O6. The molecule has 2 aliphatic heterocycles. The fourth-order valence-corrected chi connectivity index (χ4v) is 5.54. The SMILES string of the molecule is COCCCCN1C(=O)C(C)(C)Oc2c1cc(C(=O)N(C(C)C)[C@@H]1CCCN(C(=O)O)C1)c(Br)c2Cl. The minimum absolute atomic E-state index is 0.181. The molecule has 0 radical (unpaired) electrons. The van der Waals surface area contributed by atoms with Gasteiger partial charge in [0.15, 0.2) is 11.4 Å². The second kappa shape index (κ2) is 11.6. The number of carbonyl (C=O) groups is 3. The van der Waals surface area contributed by atoms with Crippen LogP contribution in [0.4, 0.5) is 10.5 Å². The number of fused-ring (bicyclic) bond motifs is 1. The highest BCUT2D eigenvalue weighted by Crippen LogP contribution is 2.48. The summed E-state index contributed by atoms with van der Waals surface area (Å²) in [7, 11) is 1.63. The van der Waals surface area contributed by atoms with Crippen molar-refractivity contribution in [3.8, 4) is 5.75 Å². The van der Waals surface area contributed by atoms with Gasteiger partial charge in [-0.3, -0.25) is 9.59 Å². The lowest BCUT2D eigenvalue weighted by molar-refractivity contribution is -0.132. The highest BCUT2D eigenvalue weighted by molar-refractivity contribution is 9.10. The van der Waals surface area contributed by atoms with Crippen molar-refractivity contribution < 1.29 is 29.0 Å². The van der Waals surface area contributed by atoms with Gasteiger partial charge in [0.05, 0.1) is 26.8 Å². The van der Waals surface area contributed by atoms with Crippen LogP contribution in [0.15, 0.2) is 10.5 Å². The van der Waals surface area contributed by atoms with Crippen molar-refractivity contribution in [2.24, 2.45) is 0 Å². The minimum atomic E-state index is -1.12. The zero-order chi connectivity index (χ0) is 26.8. The van der Waals surface area contributed by atoms with Gasteiger partial charge in [-0.2, -0.15) is 0 Å². The van der Waals surface area contributed by atoms with Crippen molar-refractivity contribution in [2.75, 3.05) is 38.3 Å². The van der Waals surface area contributed by atoms with Crippen LogP contribution in [-0.2, 0) is 9.53 Å². The molecule has 0 saturated carbocycles. The van der Waals surface area contributed by atoms with Gasteiger partial charge in [0.25, 0.3) is 11.8 Å². The molecule has 0 aliphatic carbocycles. The summed E-state index contributed by atoms with van der Waals surface area (Å²) in [6.45, 7) is 8.91. The standard InChI is InChI=1S/C25H35BrClN3O6/c1-15(2)30(16-9-8-10-28(14-16)24(33)34)22(31)17-13-18-21(20(27)19(17)26)36-25(3,4)23(32)29(18)11-6-7-12-35-5/h13,15-16H,6-12,14H2,1-5H3,(H,33,34)/t16-/m1/s1. The normalized spacial score (nSPS) is 19.2. The third-order valence-corrected chi connectivity index (χ3v) is 8.02. The lowest BCUT2D eigenvalue weighted by atomic mass is 9.99. The molecule has 1 aromatic rings. The summed E-state index contributed by atoms with van der Waals surface area (Å²) in [6.07, 6.45) is 1.86. The summed E-state index contributed by atoms with van der Waals surface area (Å²) >= 11 is 10.2. The van der Waals surface area contributed by atoms with Gasteiger partial charge in [-0.15, -0.1) is 0 Å². The monoisotopic (exact) mass is 587 g/mol. The Kier molecular flexibility index (Phi) is 9.16. The van der Waals surface area contributed by atoms with E-state index in [1.807, 2.05) is 13.8 Å². The first kappa shape index (κ1) is 28.5. The molecule has 0 bridgehead atoms. The fourth-order valence-electron chi connectivity index (χ4n) is 4.84. The Bertz CT molecular complexity index is 1020. The van der Waals surface area contributed by atoms with Crippen LogP contribution in [-0.4, -0.2) is 83.8 Å². The molecule has 2 aliphatic rings. The summed E-state index contributed by atoms with van der Waals surface area (Å²) in [6, 6.07) is 1.20. The number of nitrogens with zero attached hydrogens (tertiary/aromatic N) is 3. The van der Waals surface area contributed by atoms with Crippen molar-refractivity contribution in [3.05, 3.63) is 21.1 Å². The van der Waals surface area contributed by atoms with Crippen LogP contribution in [0.5, 0.6) is 5.75 Å². The number of benzene rings is 1. The van der Waals surface area contributed by atoms with E-state index in [4.69, 9.17) is 21.1 Å². The van der Waals surface area contributed by atoms with Gasteiger partial charge >= 0.3 is 6.09 Å². The van der Waals surface area contributed by atoms with Crippen molar-refractivity contribution in [2.45, 2.75) is 71.1 Å². The van der Waals surface area contributed by atoms with E-state index in [0.29, 0.717) is 60.4 Å². The maximum absolute atomic E-state index is 13.9. The Hall–Kier alpha value is -2.04. The van der Waals surface area contributed by atoms with Gasteiger partial charge in [-0.05, 0) is 75.4 Å². The number of rotatable bonds is 8. The molecule has 1 atom stereocenters. The largest absolute Gasteiger partial charge is 0.474 e. The fraction of sp³-hybridized carbons (Fsp3) is 0.640. The number of unbranched alkanes of at least 4 members (excludes halogenated alkanes) is 1. The van der Waals surface area contributed by atoms with Gasteiger partial charge in [-0.25, -0.2) is 4.79 Å². The highest BCUT2D eigenvalue weighted by Gasteiger charge is 2.43. The molecule has 3 rings (SSSR count). The first-order valence-electron chi connectivity index (χ1n) is 12.2.